The fourth-order valence-corrected chi connectivity index (χ4v) is 4.85. The summed E-state index contributed by atoms with van der Waals surface area (Å²) in [6.07, 6.45) is 11.5. The van der Waals surface area contributed by atoms with E-state index in [9.17, 15) is 5.11 Å². The highest BCUT2D eigenvalue weighted by atomic mass is 32.1. The number of hydrogen-bond acceptors (Lipinski definition) is 2. The lowest BCUT2D eigenvalue weighted by Crippen LogP contribution is -2.29. The zero-order chi connectivity index (χ0) is 12.4. The quantitative estimate of drug-likeness (QED) is 0.780. The third-order valence-electron chi connectivity index (χ3n) is 4.89. The molecule has 0 aromatic carbocycles. The Bertz CT molecular complexity index is 376. The van der Waals surface area contributed by atoms with Gasteiger partial charge in [0.05, 0.1) is 6.10 Å². The summed E-state index contributed by atoms with van der Waals surface area (Å²) >= 11 is 1.89. The lowest BCUT2D eigenvalue weighted by molar-refractivity contribution is 0.0663. The van der Waals surface area contributed by atoms with Crippen molar-refractivity contribution >= 4 is 11.3 Å². The Labute approximate surface area is 114 Å². The van der Waals surface area contributed by atoms with Crippen molar-refractivity contribution in [3.05, 3.63) is 21.9 Å². The van der Waals surface area contributed by atoms with E-state index in [2.05, 4.69) is 11.4 Å². The van der Waals surface area contributed by atoms with Gasteiger partial charge in [0.1, 0.15) is 0 Å². The second kappa shape index (κ2) is 5.75. The van der Waals surface area contributed by atoms with E-state index in [0.717, 1.165) is 0 Å². The fourth-order valence-electron chi connectivity index (χ4n) is 3.86. The zero-order valence-electron chi connectivity index (χ0n) is 11.1. The fraction of sp³-hybridized carbons (Fsp3) is 0.750. The Morgan fingerprint density at radius 2 is 1.83 bits per heavy atom. The second-order valence-corrected chi connectivity index (χ2v) is 7.04. The van der Waals surface area contributed by atoms with Crippen LogP contribution in [0.5, 0.6) is 0 Å². The molecule has 2 aliphatic carbocycles. The van der Waals surface area contributed by atoms with Gasteiger partial charge in [-0.2, -0.15) is 0 Å². The first-order valence-electron chi connectivity index (χ1n) is 7.60. The van der Waals surface area contributed by atoms with E-state index in [-0.39, 0.29) is 6.10 Å². The minimum Gasteiger partial charge on any atom is -0.392 e. The van der Waals surface area contributed by atoms with Gasteiger partial charge in [-0.1, -0.05) is 25.7 Å². The van der Waals surface area contributed by atoms with Crippen LogP contribution in [0.15, 0.2) is 11.4 Å². The number of fused-ring (bicyclic) bond motifs is 1. The molecule has 2 aliphatic rings. The predicted octanol–water partition coefficient (Wildman–Crippen LogP) is 4.50. The van der Waals surface area contributed by atoms with Gasteiger partial charge in [-0.05, 0) is 55.0 Å². The number of aliphatic hydroxyl groups is 1. The minimum atomic E-state index is -0.0863. The van der Waals surface area contributed by atoms with Gasteiger partial charge in [0.25, 0.3) is 0 Å². The molecule has 0 saturated heterocycles. The topological polar surface area (TPSA) is 20.2 Å². The van der Waals surface area contributed by atoms with Gasteiger partial charge in [-0.25, -0.2) is 0 Å². The predicted molar refractivity (Wildman–Crippen MR) is 77.2 cm³/mol. The molecule has 0 aliphatic heterocycles. The molecule has 1 heterocycles. The summed E-state index contributed by atoms with van der Waals surface area (Å²) in [5, 5.41) is 13.0. The van der Waals surface area contributed by atoms with E-state index in [1.807, 2.05) is 11.3 Å². The Morgan fingerprint density at radius 3 is 2.61 bits per heavy atom. The summed E-state index contributed by atoms with van der Waals surface area (Å²) in [5.74, 6) is 0.992. The van der Waals surface area contributed by atoms with Crippen LogP contribution in [0.25, 0.3) is 0 Å². The molecule has 0 amide bonds. The normalized spacial score (nSPS) is 27.5. The first-order chi connectivity index (χ1) is 8.86. The van der Waals surface area contributed by atoms with E-state index in [0.29, 0.717) is 11.8 Å². The van der Waals surface area contributed by atoms with Crippen molar-refractivity contribution < 1.29 is 5.11 Å². The van der Waals surface area contributed by atoms with Crippen LogP contribution >= 0.6 is 11.3 Å². The molecule has 1 saturated carbocycles. The molecular weight excluding hydrogens is 240 g/mol. The lowest BCUT2D eigenvalue weighted by atomic mass is 9.77. The average Bonchev–Trinajstić information content (AvgIpc) is 2.71. The van der Waals surface area contributed by atoms with Gasteiger partial charge >= 0.3 is 0 Å². The molecule has 18 heavy (non-hydrogen) atoms. The number of thiophene rings is 1. The first-order valence-corrected chi connectivity index (χ1v) is 8.48. The van der Waals surface area contributed by atoms with Gasteiger partial charge in [0.2, 0.25) is 0 Å². The van der Waals surface area contributed by atoms with Crippen molar-refractivity contribution in [2.75, 3.05) is 0 Å². The van der Waals surface area contributed by atoms with E-state index in [1.165, 1.54) is 63.4 Å². The maximum absolute atomic E-state index is 10.8. The number of aliphatic hydroxyl groups excluding tert-OH is 1. The third kappa shape index (κ3) is 2.50. The van der Waals surface area contributed by atoms with E-state index < -0.39 is 0 Å². The van der Waals surface area contributed by atoms with E-state index in [1.54, 1.807) is 4.88 Å². The van der Waals surface area contributed by atoms with Crippen LogP contribution in [0, 0.1) is 5.92 Å². The number of rotatable bonds is 2. The molecule has 0 spiro atoms. The maximum Gasteiger partial charge on any atom is 0.0637 e. The molecule has 1 aromatic rings. The zero-order valence-corrected chi connectivity index (χ0v) is 11.9. The maximum atomic E-state index is 10.8. The molecule has 0 bridgehead atoms. The van der Waals surface area contributed by atoms with Crippen molar-refractivity contribution in [3.63, 3.8) is 0 Å². The first kappa shape index (κ1) is 12.7. The number of aryl methyl sites for hydroxylation is 1. The highest BCUT2D eigenvalue weighted by Crippen LogP contribution is 2.41. The molecule has 100 valence electrons. The molecule has 1 fully saturated rings. The summed E-state index contributed by atoms with van der Waals surface area (Å²) in [6, 6.07) is 2.27. The van der Waals surface area contributed by atoms with Crippen LogP contribution in [0.4, 0.5) is 0 Å². The van der Waals surface area contributed by atoms with Gasteiger partial charge in [-0.15, -0.1) is 11.3 Å². The average molecular weight is 264 g/mol. The van der Waals surface area contributed by atoms with Crippen molar-refractivity contribution in [1.82, 2.24) is 0 Å². The second-order valence-electron chi connectivity index (χ2n) is 6.04. The standard InChI is InChI=1S/C16H24OS/c17-16(12-6-3-1-2-4-7-12)14-8-5-9-15-13(14)10-11-18-15/h10-12,14,16-17H,1-9H2. The lowest BCUT2D eigenvalue weighted by Gasteiger charge is -2.32. The summed E-state index contributed by atoms with van der Waals surface area (Å²) in [5.41, 5.74) is 1.47. The molecule has 0 radical (unpaired) electrons. The van der Waals surface area contributed by atoms with Crippen molar-refractivity contribution in [2.24, 2.45) is 5.92 Å². The molecule has 1 nitrogen and oxygen atoms in total. The van der Waals surface area contributed by atoms with Crippen LogP contribution < -0.4 is 0 Å². The van der Waals surface area contributed by atoms with Gasteiger partial charge < -0.3 is 5.11 Å². The van der Waals surface area contributed by atoms with Crippen LogP contribution in [0.1, 0.15) is 67.7 Å². The SMILES string of the molecule is OC(C1CCCCCC1)C1CCCc2sccc21. The van der Waals surface area contributed by atoms with Crippen molar-refractivity contribution in [1.29, 1.82) is 0 Å². The highest BCUT2D eigenvalue weighted by molar-refractivity contribution is 7.10. The van der Waals surface area contributed by atoms with Crippen molar-refractivity contribution in [2.45, 2.75) is 69.8 Å². The van der Waals surface area contributed by atoms with Gasteiger partial charge in [-0.3, -0.25) is 0 Å². The van der Waals surface area contributed by atoms with E-state index in [4.69, 9.17) is 0 Å². The van der Waals surface area contributed by atoms with Crippen LogP contribution in [-0.2, 0) is 6.42 Å². The van der Waals surface area contributed by atoms with E-state index >= 15 is 0 Å². The Kier molecular flexibility index (Phi) is 4.05. The molecule has 3 rings (SSSR count). The minimum absolute atomic E-state index is 0.0863. The third-order valence-corrected chi connectivity index (χ3v) is 5.89. The van der Waals surface area contributed by atoms with Gasteiger partial charge in [0.15, 0.2) is 0 Å². The highest BCUT2D eigenvalue weighted by Gasteiger charge is 2.32. The van der Waals surface area contributed by atoms with Crippen molar-refractivity contribution in [3.8, 4) is 0 Å². The molecule has 1 aromatic heterocycles. The van der Waals surface area contributed by atoms with Crippen LogP contribution in [0.3, 0.4) is 0 Å². The molecule has 2 unspecified atom stereocenters. The summed E-state index contributed by atoms with van der Waals surface area (Å²) in [4.78, 5) is 1.54. The summed E-state index contributed by atoms with van der Waals surface area (Å²) in [7, 11) is 0. The molecular formula is C16H24OS. The smallest absolute Gasteiger partial charge is 0.0637 e. The number of hydrogen-bond donors (Lipinski definition) is 1. The Hall–Kier alpha value is -0.340. The van der Waals surface area contributed by atoms with Crippen LogP contribution in [-0.4, -0.2) is 11.2 Å². The van der Waals surface area contributed by atoms with Gasteiger partial charge in [0, 0.05) is 10.8 Å². The summed E-state index contributed by atoms with van der Waals surface area (Å²) < 4.78 is 0. The monoisotopic (exact) mass is 264 g/mol. The largest absolute Gasteiger partial charge is 0.392 e. The molecule has 2 atom stereocenters. The Balaban J connectivity index is 1.74. The summed E-state index contributed by atoms with van der Waals surface area (Å²) in [6.45, 7) is 0. The molecule has 2 heteroatoms. The Morgan fingerprint density at radius 1 is 1.06 bits per heavy atom. The molecule has 1 N–H and O–H groups in total. The van der Waals surface area contributed by atoms with Crippen LogP contribution in [0.2, 0.25) is 0 Å².